The smallest absolute Gasteiger partial charge is 0.384 e. The first-order chi connectivity index (χ1) is 9.94. The predicted molar refractivity (Wildman–Crippen MR) is 74.9 cm³/mol. The van der Waals surface area contributed by atoms with Crippen molar-refractivity contribution < 1.29 is 13.2 Å². The van der Waals surface area contributed by atoms with Gasteiger partial charge in [0.15, 0.2) is 0 Å². The topological polar surface area (TPSA) is 39.1 Å². The van der Waals surface area contributed by atoms with Crippen LogP contribution in [-0.4, -0.2) is 31.1 Å². The van der Waals surface area contributed by atoms with Crippen LogP contribution >= 0.6 is 0 Å². The number of nitriles is 1. The van der Waals surface area contributed by atoms with Crippen LogP contribution in [0, 0.1) is 17.2 Å². The summed E-state index contributed by atoms with van der Waals surface area (Å²) in [5, 5.41) is 12.1. The third-order valence-electron chi connectivity index (χ3n) is 3.87. The van der Waals surface area contributed by atoms with Crippen LogP contribution in [0.2, 0.25) is 0 Å². The molecule has 0 bridgehead atoms. The van der Waals surface area contributed by atoms with Crippen molar-refractivity contribution in [3.05, 3.63) is 29.3 Å². The maximum absolute atomic E-state index is 12.6. The second kappa shape index (κ2) is 6.35. The van der Waals surface area contributed by atoms with E-state index in [0.29, 0.717) is 18.2 Å². The van der Waals surface area contributed by atoms with Gasteiger partial charge < -0.3 is 10.2 Å². The fourth-order valence-electron chi connectivity index (χ4n) is 2.59. The van der Waals surface area contributed by atoms with Gasteiger partial charge in [0.05, 0.1) is 16.8 Å². The minimum Gasteiger partial charge on any atom is -0.384 e. The van der Waals surface area contributed by atoms with E-state index in [4.69, 9.17) is 5.26 Å². The molecule has 0 amide bonds. The van der Waals surface area contributed by atoms with Crippen LogP contribution in [0.5, 0.6) is 0 Å². The molecule has 2 rings (SSSR count). The van der Waals surface area contributed by atoms with Crippen molar-refractivity contribution in [3.63, 3.8) is 0 Å². The maximum Gasteiger partial charge on any atom is 0.416 e. The fourth-order valence-corrected chi connectivity index (χ4v) is 2.59. The van der Waals surface area contributed by atoms with Gasteiger partial charge in [-0.2, -0.15) is 18.4 Å². The minimum absolute atomic E-state index is 0.0372. The lowest BCUT2D eigenvalue weighted by molar-refractivity contribution is -0.137. The molecule has 0 saturated carbocycles. The van der Waals surface area contributed by atoms with E-state index in [0.717, 1.165) is 38.2 Å². The van der Waals surface area contributed by atoms with Gasteiger partial charge in [-0.05, 0) is 43.6 Å². The van der Waals surface area contributed by atoms with Crippen LogP contribution in [0.3, 0.4) is 0 Å². The molecule has 1 fully saturated rings. The van der Waals surface area contributed by atoms with Gasteiger partial charge in [0.25, 0.3) is 0 Å². The van der Waals surface area contributed by atoms with Gasteiger partial charge >= 0.3 is 6.18 Å². The van der Waals surface area contributed by atoms with Crippen LogP contribution in [0.15, 0.2) is 18.2 Å². The zero-order chi connectivity index (χ0) is 15.5. The van der Waals surface area contributed by atoms with E-state index in [-0.39, 0.29) is 5.56 Å². The molecule has 1 aliphatic rings. The highest BCUT2D eigenvalue weighted by atomic mass is 19.4. The second-order valence-electron chi connectivity index (χ2n) is 5.30. The molecule has 0 aromatic heterocycles. The first kappa shape index (κ1) is 15.6. The summed E-state index contributed by atoms with van der Waals surface area (Å²) in [7, 11) is 0. The Hall–Kier alpha value is -1.74. The van der Waals surface area contributed by atoms with Crippen molar-refractivity contribution in [3.8, 4) is 6.07 Å². The van der Waals surface area contributed by atoms with Crippen LogP contribution < -0.4 is 5.32 Å². The molecule has 114 valence electrons. The molecule has 1 heterocycles. The average Bonchev–Trinajstić information content (AvgIpc) is 2.92. The summed E-state index contributed by atoms with van der Waals surface area (Å²) in [6.45, 7) is 5.85. The lowest BCUT2D eigenvalue weighted by atomic mass is 10.1. The quantitative estimate of drug-likeness (QED) is 0.926. The summed E-state index contributed by atoms with van der Waals surface area (Å²) in [5.74, 6) is 0.471. The highest BCUT2D eigenvalue weighted by Crippen LogP contribution is 2.31. The molecule has 0 radical (unpaired) electrons. The summed E-state index contributed by atoms with van der Waals surface area (Å²) < 4.78 is 37.8. The number of nitrogens with zero attached hydrogens (tertiary/aromatic N) is 2. The fraction of sp³-hybridized carbons (Fsp3) is 0.533. The largest absolute Gasteiger partial charge is 0.416 e. The van der Waals surface area contributed by atoms with Crippen molar-refractivity contribution in [1.29, 1.82) is 5.26 Å². The lowest BCUT2D eigenvalue weighted by Gasteiger charge is -2.16. The Morgan fingerprint density at radius 1 is 1.43 bits per heavy atom. The first-order valence-electron chi connectivity index (χ1n) is 7.01. The number of hydrogen-bond donors (Lipinski definition) is 1. The van der Waals surface area contributed by atoms with Crippen LogP contribution in [0.4, 0.5) is 18.9 Å². The third kappa shape index (κ3) is 3.88. The molecule has 1 aromatic rings. The molecule has 0 spiro atoms. The van der Waals surface area contributed by atoms with E-state index in [9.17, 15) is 13.2 Å². The van der Waals surface area contributed by atoms with E-state index in [2.05, 4.69) is 17.1 Å². The van der Waals surface area contributed by atoms with E-state index in [1.807, 2.05) is 6.07 Å². The normalized spacial score (nSPS) is 19.5. The minimum atomic E-state index is -4.42. The number of likely N-dealkylation sites (tertiary alicyclic amines) is 1. The molecule has 0 aliphatic carbocycles. The van der Waals surface area contributed by atoms with Crippen molar-refractivity contribution in [2.24, 2.45) is 5.92 Å². The van der Waals surface area contributed by atoms with Crippen LogP contribution in [-0.2, 0) is 6.18 Å². The van der Waals surface area contributed by atoms with Gasteiger partial charge in [-0.15, -0.1) is 0 Å². The number of nitrogens with one attached hydrogen (secondary N) is 1. The zero-order valence-electron chi connectivity index (χ0n) is 11.9. The molecule has 1 aliphatic heterocycles. The van der Waals surface area contributed by atoms with Gasteiger partial charge in [0, 0.05) is 13.1 Å². The van der Waals surface area contributed by atoms with Crippen LogP contribution in [0.25, 0.3) is 0 Å². The number of rotatable bonds is 4. The SMILES string of the molecule is CCN1CCC(CNc2ccc(C(F)(F)F)cc2C#N)C1. The van der Waals surface area contributed by atoms with Crippen LogP contribution in [0.1, 0.15) is 24.5 Å². The molecule has 1 aromatic carbocycles. The molecule has 1 saturated heterocycles. The molecule has 6 heteroatoms. The Morgan fingerprint density at radius 3 is 2.76 bits per heavy atom. The van der Waals surface area contributed by atoms with Crippen molar-refractivity contribution >= 4 is 5.69 Å². The van der Waals surface area contributed by atoms with E-state index < -0.39 is 11.7 Å². The number of alkyl halides is 3. The Balaban J connectivity index is 2.02. The molecular weight excluding hydrogens is 279 g/mol. The Morgan fingerprint density at radius 2 is 2.19 bits per heavy atom. The van der Waals surface area contributed by atoms with Gasteiger partial charge in [0.2, 0.25) is 0 Å². The van der Waals surface area contributed by atoms with Crippen molar-refractivity contribution in [2.45, 2.75) is 19.5 Å². The Labute approximate surface area is 122 Å². The lowest BCUT2D eigenvalue weighted by Crippen LogP contribution is -2.22. The second-order valence-corrected chi connectivity index (χ2v) is 5.30. The van der Waals surface area contributed by atoms with E-state index >= 15 is 0 Å². The molecule has 21 heavy (non-hydrogen) atoms. The molecule has 1 unspecified atom stereocenters. The summed E-state index contributed by atoms with van der Waals surface area (Å²) in [6.07, 6.45) is -3.35. The van der Waals surface area contributed by atoms with Gasteiger partial charge in [0.1, 0.15) is 6.07 Å². The van der Waals surface area contributed by atoms with Gasteiger partial charge in [-0.25, -0.2) is 0 Å². The average molecular weight is 297 g/mol. The molecule has 1 N–H and O–H groups in total. The highest BCUT2D eigenvalue weighted by Gasteiger charge is 2.31. The standard InChI is InChI=1S/C15H18F3N3/c1-2-21-6-5-11(10-21)9-20-14-4-3-13(15(16,17)18)7-12(14)8-19/h3-4,7,11,20H,2,5-6,9-10H2,1H3. The number of hydrogen-bond acceptors (Lipinski definition) is 3. The maximum atomic E-state index is 12.6. The first-order valence-corrected chi connectivity index (χ1v) is 7.01. The molecular formula is C15H18F3N3. The predicted octanol–water partition coefficient (Wildman–Crippen LogP) is 3.33. The monoisotopic (exact) mass is 297 g/mol. The zero-order valence-corrected chi connectivity index (χ0v) is 11.9. The Kier molecular flexibility index (Phi) is 4.73. The summed E-state index contributed by atoms with van der Waals surface area (Å²) in [6, 6.07) is 5.08. The summed E-state index contributed by atoms with van der Waals surface area (Å²) >= 11 is 0. The summed E-state index contributed by atoms with van der Waals surface area (Å²) in [5.41, 5.74) is -0.279. The van der Waals surface area contributed by atoms with E-state index in [1.54, 1.807) is 0 Å². The van der Waals surface area contributed by atoms with E-state index in [1.165, 1.54) is 6.07 Å². The number of benzene rings is 1. The van der Waals surface area contributed by atoms with Crippen molar-refractivity contribution in [2.75, 3.05) is 31.5 Å². The summed E-state index contributed by atoms with van der Waals surface area (Å²) in [4.78, 5) is 2.34. The van der Waals surface area contributed by atoms with Gasteiger partial charge in [-0.3, -0.25) is 0 Å². The van der Waals surface area contributed by atoms with Crippen molar-refractivity contribution in [1.82, 2.24) is 4.90 Å². The van der Waals surface area contributed by atoms with Gasteiger partial charge in [-0.1, -0.05) is 6.92 Å². The molecule has 3 nitrogen and oxygen atoms in total. The Bertz CT molecular complexity index is 534. The third-order valence-corrected chi connectivity index (χ3v) is 3.87. The highest BCUT2D eigenvalue weighted by molar-refractivity contribution is 5.59. The number of halogens is 3. The molecule has 1 atom stereocenters. The number of anilines is 1.